The molecule has 0 bridgehead atoms. The van der Waals surface area contributed by atoms with Crippen LogP contribution in [-0.2, 0) is 20.0 Å². The van der Waals surface area contributed by atoms with Gasteiger partial charge in [-0.1, -0.05) is 24.3 Å². The molecule has 0 spiro atoms. The van der Waals surface area contributed by atoms with Crippen molar-refractivity contribution in [1.82, 2.24) is 20.0 Å². The van der Waals surface area contributed by atoms with Crippen LogP contribution < -0.4 is 4.90 Å². The van der Waals surface area contributed by atoms with Gasteiger partial charge in [0.15, 0.2) is 5.82 Å². The van der Waals surface area contributed by atoms with Gasteiger partial charge < -0.3 is 4.90 Å². The molecule has 0 radical (unpaired) electrons. The molecule has 0 unspecified atom stereocenters. The van der Waals surface area contributed by atoms with Gasteiger partial charge in [0.25, 0.3) is 0 Å². The van der Waals surface area contributed by atoms with Crippen molar-refractivity contribution in [1.29, 1.82) is 0 Å². The summed E-state index contributed by atoms with van der Waals surface area (Å²) in [6.07, 6.45) is 2.85. The summed E-state index contributed by atoms with van der Waals surface area (Å²) in [5.74, 6) is 0.935. The van der Waals surface area contributed by atoms with Crippen LogP contribution in [0.2, 0.25) is 0 Å². The second-order valence-corrected chi connectivity index (χ2v) is 5.58. The highest BCUT2D eigenvalue weighted by Crippen LogP contribution is 2.29. The Morgan fingerprint density at radius 3 is 2.81 bits per heavy atom. The highest BCUT2D eigenvalue weighted by molar-refractivity contribution is 5.90. The maximum absolute atomic E-state index is 4.50. The molecule has 0 aliphatic carbocycles. The molecule has 5 heteroatoms. The largest absolute Gasteiger partial charge is 0.349 e. The molecule has 3 heterocycles. The lowest BCUT2D eigenvalue weighted by Gasteiger charge is -2.29. The minimum absolute atomic E-state index is 0.883. The molecule has 21 heavy (non-hydrogen) atoms. The fourth-order valence-corrected chi connectivity index (χ4v) is 3.17. The lowest BCUT2D eigenvalue weighted by atomic mass is 10.00. The van der Waals surface area contributed by atoms with Crippen LogP contribution in [0.1, 0.15) is 16.8 Å². The normalized spacial score (nSPS) is 14.5. The van der Waals surface area contributed by atoms with E-state index in [-0.39, 0.29) is 0 Å². The lowest BCUT2D eigenvalue weighted by Crippen LogP contribution is -2.31. The number of anilines is 1. The zero-order chi connectivity index (χ0) is 14.4. The van der Waals surface area contributed by atoms with Gasteiger partial charge in [0.05, 0.1) is 11.9 Å². The molecule has 0 saturated carbocycles. The van der Waals surface area contributed by atoms with Gasteiger partial charge in [-0.15, -0.1) is 5.10 Å². The molecule has 106 valence electrons. The van der Waals surface area contributed by atoms with Crippen molar-refractivity contribution >= 4 is 16.7 Å². The average molecular weight is 279 g/mol. The molecule has 0 amide bonds. The SMILES string of the molecule is Cc1nn(C)c2c(N3CCc4ccccc4C3)nncc12. The van der Waals surface area contributed by atoms with Gasteiger partial charge in [-0.3, -0.25) is 4.68 Å². The van der Waals surface area contributed by atoms with E-state index in [9.17, 15) is 0 Å². The number of nitrogens with zero attached hydrogens (tertiary/aromatic N) is 5. The van der Waals surface area contributed by atoms with E-state index in [1.165, 1.54) is 11.1 Å². The number of rotatable bonds is 1. The zero-order valence-corrected chi connectivity index (χ0v) is 12.2. The molecule has 0 saturated heterocycles. The van der Waals surface area contributed by atoms with E-state index in [0.29, 0.717) is 0 Å². The third-order valence-electron chi connectivity index (χ3n) is 4.25. The van der Waals surface area contributed by atoms with Crippen molar-refractivity contribution in [3.05, 3.63) is 47.3 Å². The first kappa shape index (κ1) is 12.3. The summed E-state index contributed by atoms with van der Waals surface area (Å²) >= 11 is 0. The summed E-state index contributed by atoms with van der Waals surface area (Å²) in [4.78, 5) is 2.30. The summed E-state index contributed by atoms with van der Waals surface area (Å²) in [6.45, 7) is 3.86. The third-order valence-corrected chi connectivity index (χ3v) is 4.25. The predicted molar refractivity (Wildman–Crippen MR) is 82.2 cm³/mol. The van der Waals surface area contributed by atoms with Gasteiger partial charge in [0.1, 0.15) is 5.52 Å². The molecule has 0 fully saturated rings. The van der Waals surface area contributed by atoms with Gasteiger partial charge in [0, 0.05) is 25.5 Å². The second-order valence-electron chi connectivity index (χ2n) is 5.58. The highest BCUT2D eigenvalue weighted by atomic mass is 15.3. The van der Waals surface area contributed by atoms with E-state index >= 15 is 0 Å². The van der Waals surface area contributed by atoms with E-state index in [1.807, 2.05) is 18.7 Å². The fraction of sp³-hybridized carbons (Fsp3) is 0.312. The number of aryl methyl sites for hydroxylation is 2. The maximum Gasteiger partial charge on any atom is 0.177 e. The number of aromatic nitrogens is 4. The van der Waals surface area contributed by atoms with Crippen LogP contribution in [0.3, 0.4) is 0 Å². The lowest BCUT2D eigenvalue weighted by molar-refractivity contribution is 0.708. The number of hydrogen-bond acceptors (Lipinski definition) is 4. The van der Waals surface area contributed by atoms with E-state index in [0.717, 1.165) is 41.9 Å². The van der Waals surface area contributed by atoms with Gasteiger partial charge >= 0.3 is 0 Å². The first-order valence-corrected chi connectivity index (χ1v) is 7.21. The Kier molecular flexibility index (Phi) is 2.67. The van der Waals surface area contributed by atoms with Crippen LogP contribution in [0.15, 0.2) is 30.5 Å². The highest BCUT2D eigenvalue weighted by Gasteiger charge is 2.21. The Bertz CT molecular complexity index is 821. The van der Waals surface area contributed by atoms with Crippen LogP contribution in [0, 0.1) is 6.92 Å². The molecule has 1 aromatic carbocycles. The molecular formula is C16H17N5. The Morgan fingerprint density at radius 2 is 1.95 bits per heavy atom. The molecule has 4 rings (SSSR count). The first-order valence-electron chi connectivity index (χ1n) is 7.21. The number of fused-ring (bicyclic) bond motifs is 2. The minimum atomic E-state index is 0.883. The van der Waals surface area contributed by atoms with Crippen LogP contribution in [0.5, 0.6) is 0 Å². The van der Waals surface area contributed by atoms with Crippen LogP contribution >= 0.6 is 0 Å². The monoisotopic (exact) mass is 279 g/mol. The Balaban J connectivity index is 1.82. The predicted octanol–water partition coefficient (Wildman–Crippen LogP) is 2.23. The number of benzene rings is 1. The Hall–Kier alpha value is -2.43. The summed E-state index contributed by atoms with van der Waals surface area (Å²) in [5.41, 5.74) is 4.89. The van der Waals surface area contributed by atoms with Crippen molar-refractivity contribution < 1.29 is 0 Å². The fourth-order valence-electron chi connectivity index (χ4n) is 3.17. The smallest absolute Gasteiger partial charge is 0.177 e. The summed E-state index contributed by atoms with van der Waals surface area (Å²) < 4.78 is 1.91. The van der Waals surface area contributed by atoms with Gasteiger partial charge in [-0.25, -0.2) is 0 Å². The molecule has 0 N–H and O–H groups in total. The maximum atomic E-state index is 4.50. The Labute approximate surface area is 123 Å². The van der Waals surface area contributed by atoms with Crippen LogP contribution in [0.4, 0.5) is 5.82 Å². The van der Waals surface area contributed by atoms with E-state index in [2.05, 4.69) is 44.5 Å². The molecule has 3 aromatic rings. The number of hydrogen-bond donors (Lipinski definition) is 0. The zero-order valence-electron chi connectivity index (χ0n) is 12.2. The quantitative estimate of drug-likeness (QED) is 0.685. The van der Waals surface area contributed by atoms with Crippen molar-refractivity contribution in [3.63, 3.8) is 0 Å². The molecule has 5 nitrogen and oxygen atoms in total. The minimum Gasteiger partial charge on any atom is -0.349 e. The molecule has 1 aliphatic heterocycles. The van der Waals surface area contributed by atoms with Gasteiger partial charge in [-0.2, -0.15) is 10.2 Å². The van der Waals surface area contributed by atoms with Crippen LogP contribution in [-0.4, -0.2) is 26.5 Å². The first-order chi connectivity index (χ1) is 10.2. The van der Waals surface area contributed by atoms with Crippen molar-refractivity contribution in [2.75, 3.05) is 11.4 Å². The summed E-state index contributed by atoms with van der Waals surface area (Å²) in [5, 5.41) is 14.2. The van der Waals surface area contributed by atoms with Crippen molar-refractivity contribution in [2.45, 2.75) is 19.9 Å². The van der Waals surface area contributed by atoms with Gasteiger partial charge in [-0.05, 0) is 24.5 Å². The summed E-state index contributed by atoms with van der Waals surface area (Å²) in [6, 6.07) is 8.62. The van der Waals surface area contributed by atoms with Crippen molar-refractivity contribution in [3.8, 4) is 0 Å². The Morgan fingerprint density at radius 1 is 1.14 bits per heavy atom. The molecule has 1 aliphatic rings. The molecule has 2 aromatic heterocycles. The topological polar surface area (TPSA) is 46.8 Å². The molecular weight excluding hydrogens is 262 g/mol. The van der Waals surface area contributed by atoms with Crippen LogP contribution in [0.25, 0.3) is 10.9 Å². The third kappa shape index (κ3) is 1.88. The van der Waals surface area contributed by atoms with Crippen molar-refractivity contribution in [2.24, 2.45) is 7.05 Å². The van der Waals surface area contributed by atoms with E-state index in [1.54, 1.807) is 6.20 Å². The van der Waals surface area contributed by atoms with E-state index < -0.39 is 0 Å². The molecule has 0 atom stereocenters. The standard InChI is InChI=1S/C16H17N5/c1-11-14-9-17-18-16(15(14)20(2)19-11)21-8-7-12-5-3-4-6-13(12)10-21/h3-6,9H,7-8,10H2,1-2H3. The van der Waals surface area contributed by atoms with Gasteiger partial charge in [0.2, 0.25) is 0 Å². The summed E-state index contributed by atoms with van der Waals surface area (Å²) in [7, 11) is 1.97. The second kappa shape index (κ2) is 4.55. The average Bonchev–Trinajstić information content (AvgIpc) is 2.82. The van der Waals surface area contributed by atoms with E-state index in [4.69, 9.17) is 0 Å².